The topological polar surface area (TPSA) is 39.1 Å². The Hall–Kier alpha value is -1.03. The summed E-state index contributed by atoms with van der Waals surface area (Å²) in [5.74, 6) is 1.74. The summed E-state index contributed by atoms with van der Waals surface area (Å²) in [6.45, 7) is 6.06. The normalized spacial score (nSPS) is 17.6. The molecule has 4 nitrogen and oxygen atoms in total. The van der Waals surface area contributed by atoms with Crippen LogP contribution in [0.15, 0.2) is 12.4 Å². The van der Waals surface area contributed by atoms with Crippen LogP contribution in [0.3, 0.4) is 0 Å². The van der Waals surface area contributed by atoms with Crippen molar-refractivity contribution in [1.82, 2.24) is 9.55 Å². The van der Waals surface area contributed by atoms with Crippen LogP contribution in [0.1, 0.15) is 26.2 Å². The first-order valence-electron chi connectivity index (χ1n) is 6.23. The van der Waals surface area contributed by atoms with E-state index >= 15 is 0 Å². The van der Waals surface area contributed by atoms with E-state index in [2.05, 4.69) is 21.8 Å². The first kappa shape index (κ1) is 11.5. The Morgan fingerprint density at radius 1 is 1.50 bits per heavy atom. The van der Waals surface area contributed by atoms with Gasteiger partial charge in [-0.05, 0) is 25.2 Å². The van der Waals surface area contributed by atoms with Gasteiger partial charge in [0.1, 0.15) is 0 Å². The van der Waals surface area contributed by atoms with E-state index in [1.54, 1.807) is 0 Å². The average Bonchev–Trinajstić information content (AvgIpc) is 2.76. The smallest absolute Gasteiger partial charge is 0.202 e. The highest BCUT2D eigenvalue weighted by atomic mass is 16.5. The molecule has 4 heteroatoms. The van der Waals surface area contributed by atoms with Crippen LogP contribution >= 0.6 is 0 Å². The van der Waals surface area contributed by atoms with E-state index in [-0.39, 0.29) is 0 Å². The maximum Gasteiger partial charge on any atom is 0.202 e. The van der Waals surface area contributed by atoms with Crippen LogP contribution in [0.2, 0.25) is 0 Å². The molecule has 0 radical (unpaired) electrons. The molecule has 2 rings (SSSR count). The van der Waals surface area contributed by atoms with Gasteiger partial charge in [0.25, 0.3) is 0 Å². The van der Waals surface area contributed by atoms with Crippen molar-refractivity contribution in [3.05, 3.63) is 12.4 Å². The van der Waals surface area contributed by atoms with Gasteiger partial charge in [-0.3, -0.25) is 0 Å². The number of hydrogen-bond donors (Lipinski definition) is 1. The van der Waals surface area contributed by atoms with E-state index in [9.17, 15) is 0 Å². The third-order valence-electron chi connectivity index (χ3n) is 3.07. The zero-order valence-corrected chi connectivity index (χ0v) is 9.98. The molecule has 0 saturated carbocycles. The van der Waals surface area contributed by atoms with E-state index in [0.29, 0.717) is 0 Å². The lowest BCUT2D eigenvalue weighted by atomic mass is 10.0. The fourth-order valence-corrected chi connectivity index (χ4v) is 2.08. The molecule has 1 aliphatic rings. The van der Waals surface area contributed by atoms with Crippen LogP contribution < -0.4 is 5.32 Å². The summed E-state index contributed by atoms with van der Waals surface area (Å²) in [4.78, 5) is 4.34. The Kier molecular flexibility index (Phi) is 4.22. The monoisotopic (exact) mass is 223 g/mol. The van der Waals surface area contributed by atoms with Crippen molar-refractivity contribution in [2.45, 2.75) is 32.7 Å². The minimum atomic E-state index is 0.737. The van der Waals surface area contributed by atoms with Gasteiger partial charge in [0.2, 0.25) is 5.95 Å². The molecule has 2 heterocycles. The summed E-state index contributed by atoms with van der Waals surface area (Å²) in [7, 11) is 0. The van der Waals surface area contributed by atoms with Gasteiger partial charge in [-0.1, -0.05) is 6.92 Å². The Bertz CT molecular complexity index is 305. The van der Waals surface area contributed by atoms with Gasteiger partial charge >= 0.3 is 0 Å². The zero-order valence-electron chi connectivity index (χ0n) is 9.98. The van der Waals surface area contributed by atoms with E-state index in [0.717, 1.165) is 44.6 Å². The molecule has 0 bridgehead atoms. The fraction of sp³-hybridized carbons (Fsp3) is 0.750. The van der Waals surface area contributed by atoms with Gasteiger partial charge in [0.05, 0.1) is 0 Å². The molecule has 0 unspecified atom stereocenters. The summed E-state index contributed by atoms with van der Waals surface area (Å²) in [6, 6.07) is 0. The molecular formula is C12H21N3O. The Morgan fingerprint density at radius 2 is 2.31 bits per heavy atom. The minimum absolute atomic E-state index is 0.737. The Morgan fingerprint density at radius 3 is 3.06 bits per heavy atom. The van der Waals surface area contributed by atoms with E-state index in [4.69, 9.17) is 4.74 Å². The van der Waals surface area contributed by atoms with Crippen molar-refractivity contribution in [2.24, 2.45) is 5.92 Å². The summed E-state index contributed by atoms with van der Waals surface area (Å²) in [5.41, 5.74) is 0. The van der Waals surface area contributed by atoms with Gasteiger partial charge in [-0.15, -0.1) is 0 Å². The molecular weight excluding hydrogens is 202 g/mol. The van der Waals surface area contributed by atoms with Crippen LogP contribution in [0, 0.1) is 5.92 Å². The third-order valence-corrected chi connectivity index (χ3v) is 3.07. The summed E-state index contributed by atoms with van der Waals surface area (Å²) >= 11 is 0. The summed E-state index contributed by atoms with van der Waals surface area (Å²) in [5, 5.41) is 3.44. The van der Waals surface area contributed by atoms with Crippen molar-refractivity contribution >= 4 is 5.95 Å². The van der Waals surface area contributed by atoms with Gasteiger partial charge < -0.3 is 14.6 Å². The van der Waals surface area contributed by atoms with Gasteiger partial charge in [-0.2, -0.15) is 0 Å². The summed E-state index contributed by atoms with van der Waals surface area (Å²) in [6.07, 6.45) is 7.38. The molecule has 0 aromatic carbocycles. The number of hydrogen-bond acceptors (Lipinski definition) is 3. The molecule has 90 valence electrons. The van der Waals surface area contributed by atoms with E-state index < -0.39 is 0 Å². The predicted molar refractivity (Wildman–Crippen MR) is 64.6 cm³/mol. The minimum Gasteiger partial charge on any atom is -0.381 e. The van der Waals surface area contributed by atoms with Crippen molar-refractivity contribution in [2.75, 3.05) is 25.1 Å². The average molecular weight is 223 g/mol. The van der Waals surface area contributed by atoms with E-state index in [1.165, 1.54) is 12.8 Å². The molecule has 0 amide bonds. The van der Waals surface area contributed by atoms with Gasteiger partial charge in [0.15, 0.2) is 0 Å². The zero-order chi connectivity index (χ0) is 11.2. The summed E-state index contributed by atoms with van der Waals surface area (Å²) < 4.78 is 7.53. The number of aryl methyl sites for hydroxylation is 1. The lowest BCUT2D eigenvalue weighted by molar-refractivity contribution is 0.0699. The largest absolute Gasteiger partial charge is 0.381 e. The third kappa shape index (κ3) is 2.98. The Balaban J connectivity index is 1.81. The lowest BCUT2D eigenvalue weighted by Crippen LogP contribution is -2.23. The molecule has 16 heavy (non-hydrogen) atoms. The highest BCUT2D eigenvalue weighted by Crippen LogP contribution is 2.15. The first-order chi connectivity index (χ1) is 7.90. The SMILES string of the molecule is CCCn1ccnc1NCC1CCOCC1. The molecule has 1 aromatic heterocycles. The number of ether oxygens (including phenoxy) is 1. The second-order valence-corrected chi connectivity index (χ2v) is 4.38. The molecule has 1 saturated heterocycles. The van der Waals surface area contributed by atoms with Crippen LogP contribution in [-0.2, 0) is 11.3 Å². The molecule has 1 fully saturated rings. The van der Waals surface area contributed by atoms with Crippen molar-refractivity contribution in [3.63, 3.8) is 0 Å². The molecule has 0 spiro atoms. The van der Waals surface area contributed by atoms with Crippen molar-refractivity contribution in [1.29, 1.82) is 0 Å². The van der Waals surface area contributed by atoms with Crippen LogP contribution in [0.25, 0.3) is 0 Å². The number of nitrogens with zero attached hydrogens (tertiary/aromatic N) is 2. The van der Waals surface area contributed by atoms with Crippen LogP contribution in [0.4, 0.5) is 5.95 Å². The Labute approximate surface area is 97.0 Å². The lowest BCUT2D eigenvalue weighted by Gasteiger charge is -2.22. The van der Waals surface area contributed by atoms with E-state index in [1.807, 2.05) is 12.4 Å². The van der Waals surface area contributed by atoms with Crippen molar-refractivity contribution < 1.29 is 4.74 Å². The highest BCUT2D eigenvalue weighted by Gasteiger charge is 2.14. The van der Waals surface area contributed by atoms with Crippen molar-refractivity contribution in [3.8, 4) is 0 Å². The fourth-order valence-electron chi connectivity index (χ4n) is 2.08. The first-order valence-corrected chi connectivity index (χ1v) is 6.23. The van der Waals surface area contributed by atoms with Crippen LogP contribution in [0.5, 0.6) is 0 Å². The van der Waals surface area contributed by atoms with Crippen LogP contribution in [-0.4, -0.2) is 29.3 Å². The highest BCUT2D eigenvalue weighted by molar-refractivity contribution is 5.25. The quantitative estimate of drug-likeness (QED) is 0.831. The number of aromatic nitrogens is 2. The number of rotatable bonds is 5. The predicted octanol–water partition coefficient (Wildman–Crippen LogP) is 2.13. The number of anilines is 1. The maximum absolute atomic E-state index is 5.35. The molecule has 0 atom stereocenters. The maximum atomic E-state index is 5.35. The second-order valence-electron chi connectivity index (χ2n) is 4.38. The number of imidazole rings is 1. The molecule has 1 N–H and O–H groups in total. The molecule has 0 aliphatic carbocycles. The standard InChI is InChI=1S/C12H21N3O/c1-2-6-15-7-5-13-12(15)14-10-11-3-8-16-9-4-11/h5,7,11H,2-4,6,8-10H2,1H3,(H,13,14). The van der Waals surface area contributed by atoms with Gasteiger partial charge in [-0.25, -0.2) is 4.98 Å². The number of nitrogens with one attached hydrogen (secondary N) is 1. The van der Waals surface area contributed by atoms with Gasteiger partial charge in [0, 0.05) is 38.7 Å². The molecule has 1 aliphatic heterocycles. The molecule has 1 aromatic rings. The second kappa shape index (κ2) is 5.89.